The Hall–Kier alpha value is -3.00. The first-order valence-electron chi connectivity index (χ1n) is 9.61. The Balaban J connectivity index is 1.31. The Morgan fingerprint density at radius 1 is 1.23 bits per heavy atom. The molecule has 0 saturated carbocycles. The van der Waals surface area contributed by atoms with E-state index < -0.39 is 11.6 Å². The van der Waals surface area contributed by atoms with Crippen LogP contribution in [0, 0.1) is 17.6 Å². The number of amides is 1. The third-order valence-electron chi connectivity index (χ3n) is 5.18. The first-order chi connectivity index (χ1) is 14.5. The van der Waals surface area contributed by atoms with E-state index in [9.17, 15) is 13.6 Å². The van der Waals surface area contributed by atoms with E-state index in [2.05, 4.69) is 10.3 Å². The normalized spacial score (nSPS) is 16.0. The Labute approximate surface area is 177 Å². The van der Waals surface area contributed by atoms with Crippen molar-refractivity contribution in [1.29, 1.82) is 0 Å². The van der Waals surface area contributed by atoms with Crippen molar-refractivity contribution in [2.45, 2.75) is 6.42 Å². The van der Waals surface area contributed by atoms with Crippen LogP contribution >= 0.6 is 11.3 Å². The largest absolute Gasteiger partial charge is 0.497 e. The molecular weight excluding hydrogens is 408 g/mol. The van der Waals surface area contributed by atoms with Crippen molar-refractivity contribution >= 4 is 22.9 Å². The molecule has 8 heteroatoms. The van der Waals surface area contributed by atoms with E-state index in [1.807, 2.05) is 29.2 Å². The van der Waals surface area contributed by atoms with Gasteiger partial charge in [0, 0.05) is 42.3 Å². The zero-order chi connectivity index (χ0) is 21.1. The first kappa shape index (κ1) is 20.3. The number of nitrogens with zero attached hydrogens (tertiary/aromatic N) is 2. The summed E-state index contributed by atoms with van der Waals surface area (Å²) in [5.41, 5.74) is 1.98. The summed E-state index contributed by atoms with van der Waals surface area (Å²) in [6, 6.07) is 11.5. The number of thiazole rings is 1. The van der Waals surface area contributed by atoms with Gasteiger partial charge in [-0.25, -0.2) is 13.8 Å². The summed E-state index contributed by atoms with van der Waals surface area (Å²) in [6.07, 6.45) is 0.868. The maximum Gasteiger partial charge on any atom is 0.270 e. The Kier molecular flexibility index (Phi) is 5.94. The van der Waals surface area contributed by atoms with Gasteiger partial charge in [-0.3, -0.25) is 4.79 Å². The van der Waals surface area contributed by atoms with E-state index in [4.69, 9.17) is 4.74 Å². The van der Waals surface area contributed by atoms with E-state index in [-0.39, 0.29) is 11.8 Å². The molecule has 1 aliphatic rings. The molecule has 1 aromatic heterocycles. The number of rotatable bonds is 6. The van der Waals surface area contributed by atoms with Gasteiger partial charge in [0.25, 0.3) is 5.91 Å². The fraction of sp³-hybridized carbons (Fsp3) is 0.273. The molecule has 5 nitrogen and oxygen atoms in total. The lowest BCUT2D eigenvalue weighted by Gasteiger charge is -2.19. The number of halogens is 2. The molecule has 1 fully saturated rings. The van der Waals surface area contributed by atoms with Crippen molar-refractivity contribution in [2.75, 3.05) is 31.6 Å². The predicted octanol–water partition coefficient (Wildman–Crippen LogP) is 4.35. The molecule has 1 N–H and O–H groups in total. The summed E-state index contributed by atoms with van der Waals surface area (Å²) in [6.45, 7) is 1.93. The zero-order valence-electron chi connectivity index (χ0n) is 16.4. The second-order valence-corrected chi connectivity index (χ2v) is 8.03. The molecule has 156 valence electrons. The third-order valence-corrected chi connectivity index (χ3v) is 6.07. The summed E-state index contributed by atoms with van der Waals surface area (Å²) < 4.78 is 31.7. The number of hydrogen-bond acceptors (Lipinski definition) is 5. The van der Waals surface area contributed by atoms with Gasteiger partial charge >= 0.3 is 0 Å². The Morgan fingerprint density at radius 2 is 2.03 bits per heavy atom. The summed E-state index contributed by atoms with van der Waals surface area (Å²) in [5.74, 6) is -0.902. The van der Waals surface area contributed by atoms with Gasteiger partial charge in [-0.15, -0.1) is 11.3 Å². The lowest BCUT2D eigenvalue weighted by molar-refractivity contribution is 0.0944. The number of anilines is 1. The molecule has 1 amide bonds. The van der Waals surface area contributed by atoms with Gasteiger partial charge in [0.1, 0.15) is 16.5 Å². The number of nitrogens with one attached hydrogen (secondary N) is 1. The standard InChI is InChI=1S/C22H21F2N3O2S/c1-29-17-5-2-15(3-6-17)22-26-20(13-30-22)21(28)25-11-14-8-9-27(12-14)16-4-7-18(23)19(24)10-16/h2-7,10,13-14H,8-9,11-12H2,1H3,(H,25,28). The number of ether oxygens (including phenoxy) is 1. The quantitative estimate of drug-likeness (QED) is 0.633. The predicted molar refractivity (Wildman–Crippen MR) is 113 cm³/mol. The van der Waals surface area contributed by atoms with Crippen molar-refractivity contribution in [3.8, 4) is 16.3 Å². The van der Waals surface area contributed by atoms with Crippen LogP contribution in [0.15, 0.2) is 47.8 Å². The lowest BCUT2D eigenvalue weighted by Crippen LogP contribution is -2.31. The molecular formula is C22H21F2N3O2S. The molecule has 4 rings (SSSR count). The van der Waals surface area contributed by atoms with Gasteiger partial charge in [0.2, 0.25) is 0 Å². The van der Waals surface area contributed by atoms with Crippen LogP contribution in [0.2, 0.25) is 0 Å². The van der Waals surface area contributed by atoms with Crippen LogP contribution in [0.25, 0.3) is 10.6 Å². The lowest BCUT2D eigenvalue weighted by atomic mass is 10.1. The SMILES string of the molecule is COc1ccc(-c2nc(C(=O)NCC3CCN(c4ccc(F)c(F)c4)C3)cs2)cc1. The maximum absolute atomic E-state index is 13.5. The molecule has 1 unspecified atom stereocenters. The molecule has 30 heavy (non-hydrogen) atoms. The molecule has 0 bridgehead atoms. The molecule has 1 saturated heterocycles. The van der Waals surface area contributed by atoms with Crippen molar-refractivity contribution in [3.63, 3.8) is 0 Å². The minimum Gasteiger partial charge on any atom is -0.497 e. The maximum atomic E-state index is 13.5. The van der Waals surface area contributed by atoms with Gasteiger partial charge in [0.15, 0.2) is 11.6 Å². The fourth-order valence-electron chi connectivity index (χ4n) is 3.49. The second kappa shape index (κ2) is 8.79. The van der Waals surface area contributed by atoms with Gasteiger partial charge < -0.3 is 15.0 Å². The van der Waals surface area contributed by atoms with Gasteiger partial charge in [-0.1, -0.05) is 0 Å². The van der Waals surface area contributed by atoms with Gasteiger partial charge in [-0.05, 0) is 48.7 Å². The topological polar surface area (TPSA) is 54.5 Å². The van der Waals surface area contributed by atoms with Crippen LogP contribution < -0.4 is 15.0 Å². The minimum absolute atomic E-state index is 0.211. The number of hydrogen-bond donors (Lipinski definition) is 1. The fourth-order valence-corrected chi connectivity index (χ4v) is 4.29. The molecule has 0 radical (unpaired) electrons. The van der Waals surface area contributed by atoms with Crippen molar-refractivity contribution in [1.82, 2.24) is 10.3 Å². The van der Waals surface area contributed by atoms with E-state index >= 15 is 0 Å². The molecule has 0 spiro atoms. The summed E-state index contributed by atoms with van der Waals surface area (Å²) in [5, 5.41) is 5.46. The Morgan fingerprint density at radius 3 is 2.77 bits per heavy atom. The summed E-state index contributed by atoms with van der Waals surface area (Å²) in [4.78, 5) is 18.9. The highest BCUT2D eigenvalue weighted by Crippen LogP contribution is 2.27. The molecule has 1 atom stereocenters. The van der Waals surface area contributed by atoms with Crippen molar-refractivity contribution < 1.29 is 18.3 Å². The van der Waals surface area contributed by atoms with Gasteiger partial charge in [0.05, 0.1) is 7.11 Å². The summed E-state index contributed by atoms with van der Waals surface area (Å²) >= 11 is 1.42. The second-order valence-electron chi connectivity index (χ2n) is 7.18. The van der Waals surface area contributed by atoms with Crippen LogP contribution in [-0.2, 0) is 0 Å². The number of methoxy groups -OCH3 is 1. The monoisotopic (exact) mass is 429 g/mol. The van der Waals surface area contributed by atoms with Crippen LogP contribution in [0.3, 0.4) is 0 Å². The average molecular weight is 429 g/mol. The van der Waals surface area contributed by atoms with E-state index in [1.54, 1.807) is 18.6 Å². The van der Waals surface area contributed by atoms with Crippen LogP contribution in [-0.4, -0.2) is 37.6 Å². The molecule has 3 aromatic rings. The molecule has 0 aliphatic carbocycles. The molecule has 1 aliphatic heterocycles. The number of aromatic nitrogens is 1. The van der Waals surface area contributed by atoms with Crippen LogP contribution in [0.4, 0.5) is 14.5 Å². The van der Waals surface area contributed by atoms with Crippen LogP contribution in [0.5, 0.6) is 5.75 Å². The van der Waals surface area contributed by atoms with E-state index in [0.717, 1.165) is 35.4 Å². The van der Waals surface area contributed by atoms with E-state index in [1.165, 1.54) is 17.4 Å². The average Bonchev–Trinajstić information content (AvgIpc) is 3.44. The van der Waals surface area contributed by atoms with Crippen molar-refractivity contribution in [2.24, 2.45) is 5.92 Å². The molecule has 2 heterocycles. The zero-order valence-corrected chi connectivity index (χ0v) is 17.2. The minimum atomic E-state index is -0.848. The van der Waals surface area contributed by atoms with Crippen molar-refractivity contribution in [3.05, 3.63) is 65.2 Å². The van der Waals surface area contributed by atoms with Crippen LogP contribution in [0.1, 0.15) is 16.9 Å². The smallest absolute Gasteiger partial charge is 0.270 e. The molecule has 2 aromatic carbocycles. The summed E-state index contributed by atoms with van der Waals surface area (Å²) in [7, 11) is 1.61. The highest BCUT2D eigenvalue weighted by Gasteiger charge is 2.24. The number of carbonyl (C=O) groups is 1. The highest BCUT2D eigenvalue weighted by atomic mass is 32.1. The third kappa shape index (κ3) is 4.43. The highest BCUT2D eigenvalue weighted by molar-refractivity contribution is 7.13. The van der Waals surface area contributed by atoms with E-state index in [0.29, 0.717) is 24.5 Å². The Bertz CT molecular complexity index is 1040. The first-order valence-corrected chi connectivity index (χ1v) is 10.5. The number of benzene rings is 2. The van der Waals surface area contributed by atoms with Gasteiger partial charge in [-0.2, -0.15) is 0 Å². The number of carbonyl (C=O) groups excluding carboxylic acids is 1.